The number of hydrogen-bond acceptors (Lipinski definition) is 6. The number of carbonyl (C=O) groups excluding carboxylic acids is 1. The van der Waals surface area contributed by atoms with E-state index in [1.54, 1.807) is 30.3 Å². The summed E-state index contributed by atoms with van der Waals surface area (Å²) in [6.45, 7) is -0.101. The maximum atomic E-state index is 11.6. The monoisotopic (exact) mass is 353 g/mol. The van der Waals surface area contributed by atoms with E-state index in [0.717, 1.165) is 0 Å². The van der Waals surface area contributed by atoms with Crippen LogP contribution in [-0.2, 0) is 16.1 Å². The minimum absolute atomic E-state index is 0.00864. The van der Waals surface area contributed by atoms with Crippen LogP contribution in [0.2, 0.25) is 0 Å². The predicted molar refractivity (Wildman–Crippen MR) is 93.9 cm³/mol. The fourth-order valence-electron chi connectivity index (χ4n) is 2.49. The molecule has 3 aromatic rings. The highest BCUT2D eigenvalue weighted by atomic mass is 16.6. The number of nitro groups is 1. The van der Waals surface area contributed by atoms with Crippen LogP contribution in [0.4, 0.5) is 5.69 Å². The fourth-order valence-corrected chi connectivity index (χ4v) is 2.49. The third kappa shape index (κ3) is 3.22. The van der Waals surface area contributed by atoms with Gasteiger partial charge in [0, 0.05) is 12.1 Å². The van der Waals surface area contributed by atoms with Gasteiger partial charge >= 0.3 is 5.97 Å². The second-order valence-corrected chi connectivity index (χ2v) is 5.38. The summed E-state index contributed by atoms with van der Waals surface area (Å²) >= 11 is 0. The van der Waals surface area contributed by atoms with E-state index in [0.29, 0.717) is 16.6 Å². The lowest BCUT2D eigenvalue weighted by atomic mass is 10.2. The Morgan fingerprint density at radius 2 is 1.88 bits per heavy atom. The van der Waals surface area contributed by atoms with Gasteiger partial charge in [-0.05, 0) is 29.8 Å². The Balaban J connectivity index is 2.02. The molecule has 132 valence electrons. The average molecular weight is 353 g/mol. The van der Waals surface area contributed by atoms with E-state index < -0.39 is 10.9 Å². The summed E-state index contributed by atoms with van der Waals surface area (Å²) in [5, 5.41) is 23.3. The lowest BCUT2D eigenvalue weighted by Crippen LogP contribution is -2.26. The van der Waals surface area contributed by atoms with Crippen molar-refractivity contribution in [2.24, 2.45) is 5.10 Å². The Bertz CT molecular complexity index is 1060. The number of esters is 1. The molecule has 0 unspecified atom stereocenters. The van der Waals surface area contributed by atoms with E-state index in [9.17, 15) is 14.9 Å². The van der Waals surface area contributed by atoms with Crippen molar-refractivity contribution in [2.75, 3.05) is 7.11 Å². The van der Waals surface area contributed by atoms with Crippen molar-refractivity contribution in [3.63, 3.8) is 0 Å². The van der Waals surface area contributed by atoms with E-state index in [1.165, 1.54) is 34.7 Å². The number of aromatic nitrogens is 2. The van der Waals surface area contributed by atoms with Gasteiger partial charge in [-0.3, -0.25) is 24.9 Å². The quantitative estimate of drug-likeness (QED) is 0.326. The minimum atomic E-state index is -0.474. The van der Waals surface area contributed by atoms with Crippen LogP contribution in [0.15, 0.2) is 53.6 Å². The van der Waals surface area contributed by atoms with Crippen LogP contribution in [0.1, 0.15) is 5.56 Å². The molecule has 0 aliphatic rings. The number of carbonyl (C=O) groups is 1. The molecular weight excluding hydrogens is 338 g/mol. The molecule has 3 rings (SSSR count). The van der Waals surface area contributed by atoms with Gasteiger partial charge in [0.05, 0.1) is 29.3 Å². The Hall–Kier alpha value is -3.75. The number of hydrogen-bond donors (Lipinski definition) is 1. The molecule has 0 saturated carbocycles. The molecule has 26 heavy (non-hydrogen) atoms. The zero-order valence-corrected chi connectivity index (χ0v) is 13.8. The van der Waals surface area contributed by atoms with Crippen molar-refractivity contribution >= 4 is 28.9 Å². The van der Waals surface area contributed by atoms with Crippen LogP contribution in [0.5, 0.6) is 0 Å². The highest BCUT2D eigenvalue weighted by Crippen LogP contribution is 2.14. The molecule has 0 saturated heterocycles. The zero-order chi connectivity index (χ0) is 18.7. The molecule has 0 spiro atoms. The number of methoxy groups -OCH3 is 1. The summed E-state index contributed by atoms with van der Waals surface area (Å²) in [5.74, 6) is -0.467. The summed E-state index contributed by atoms with van der Waals surface area (Å²) in [6.07, 6.45) is 1.50. The van der Waals surface area contributed by atoms with E-state index in [1.807, 2.05) is 6.07 Å². The molecule has 1 N–H and O–H groups in total. The fraction of sp³-hybridized carbons (Fsp3) is 0.118. The maximum absolute atomic E-state index is 11.6. The SMILES string of the molecule is COC(=O)Cn1c(=N)n(N=Cc2ccc([N+](=O)[O-])cc2)c2ccccc21. The molecule has 0 bridgehead atoms. The van der Waals surface area contributed by atoms with Gasteiger partial charge in [-0.1, -0.05) is 12.1 Å². The summed E-state index contributed by atoms with van der Waals surface area (Å²) in [7, 11) is 1.29. The van der Waals surface area contributed by atoms with E-state index in [2.05, 4.69) is 9.84 Å². The highest BCUT2D eigenvalue weighted by Gasteiger charge is 2.13. The van der Waals surface area contributed by atoms with E-state index >= 15 is 0 Å². The van der Waals surface area contributed by atoms with Gasteiger partial charge in [0.2, 0.25) is 5.62 Å². The first-order valence-electron chi connectivity index (χ1n) is 7.62. The summed E-state index contributed by atoms with van der Waals surface area (Å²) < 4.78 is 7.56. The van der Waals surface area contributed by atoms with Crippen LogP contribution in [0.25, 0.3) is 11.0 Å². The number of ether oxygens (including phenoxy) is 1. The molecule has 0 atom stereocenters. The number of nitrogens with zero attached hydrogens (tertiary/aromatic N) is 4. The third-order valence-corrected chi connectivity index (χ3v) is 3.80. The molecule has 0 amide bonds. The molecule has 1 heterocycles. The Labute approximate surface area is 147 Å². The molecule has 0 aliphatic carbocycles. The second-order valence-electron chi connectivity index (χ2n) is 5.38. The Morgan fingerprint density at radius 1 is 1.23 bits per heavy atom. The average Bonchev–Trinajstić information content (AvgIpc) is 2.92. The van der Waals surface area contributed by atoms with Gasteiger partial charge in [0.1, 0.15) is 6.54 Å². The Kier molecular flexibility index (Phi) is 4.61. The maximum Gasteiger partial charge on any atom is 0.325 e. The number of benzene rings is 2. The molecule has 0 radical (unpaired) electrons. The van der Waals surface area contributed by atoms with Gasteiger partial charge < -0.3 is 4.74 Å². The predicted octanol–water partition coefficient (Wildman–Crippen LogP) is 1.89. The minimum Gasteiger partial charge on any atom is -0.468 e. The second kappa shape index (κ2) is 7.01. The number of nitro benzene ring substituents is 1. The number of fused-ring (bicyclic) bond motifs is 1. The van der Waals surface area contributed by atoms with E-state index in [4.69, 9.17) is 5.41 Å². The largest absolute Gasteiger partial charge is 0.468 e. The van der Waals surface area contributed by atoms with Gasteiger partial charge in [-0.15, -0.1) is 0 Å². The molecule has 1 aromatic heterocycles. The normalized spacial score (nSPS) is 11.1. The first kappa shape index (κ1) is 17.1. The summed E-state index contributed by atoms with van der Waals surface area (Å²) in [5.41, 5.74) is 1.97. The van der Waals surface area contributed by atoms with Crippen molar-refractivity contribution in [3.05, 3.63) is 69.8 Å². The third-order valence-electron chi connectivity index (χ3n) is 3.80. The summed E-state index contributed by atoms with van der Waals surface area (Å²) in [6, 6.07) is 13.1. The lowest BCUT2D eigenvalue weighted by molar-refractivity contribution is -0.384. The van der Waals surface area contributed by atoms with E-state index in [-0.39, 0.29) is 17.9 Å². The number of para-hydroxylation sites is 2. The van der Waals surface area contributed by atoms with Gasteiger partial charge in [0.25, 0.3) is 5.69 Å². The molecule has 9 nitrogen and oxygen atoms in total. The summed E-state index contributed by atoms with van der Waals surface area (Å²) in [4.78, 5) is 21.9. The lowest BCUT2D eigenvalue weighted by Gasteiger charge is -2.01. The van der Waals surface area contributed by atoms with Crippen LogP contribution < -0.4 is 5.62 Å². The van der Waals surface area contributed by atoms with Crippen molar-refractivity contribution in [3.8, 4) is 0 Å². The Morgan fingerprint density at radius 3 is 2.50 bits per heavy atom. The number of nitrogens with one attached hydrogen (secondary N) is 1. The molecule has 2 aromatic carbocycles. The van der Waals surface area contributed by atoms with Crippen molar-refractivity contribution in [2.45, 2.75) is 6.54 Å². The van der Waals surface area contributed by atoms with Crippen LogP contribution in [0.3, 0.4) is 0 Å². The standard InChI is InChI=1S/C17H15N5O4/c1-26-16(23)11-20-14-4-2-3-5-15(14)21(17(20)18)19-10-12-6-8-13(9-7-12)22(24)25/h2-10,18H,11H2,1H3. The van der Waals surface area contributed by atoms with Crippen LogP contribution in [-0.4, -0.2) is 33.5 Å². The number of non-ortho nitro benzene ring substituents is 1. The molecule has 9 heteroatoms. The molecule has 0 fully saturated rings. The molecular formula is C17H15N5O4. The van der Waals surface area contributed by atoms with Gasteiger partial charge in [-0.25, -0.2) is 0 Å². The van der Waals surface area contributed by atoms with Gasteiger partial charge in [0.15, 0.2) is 0 Å². The van der Waals surface area contributed by atoms with Crippen LogP contribution >= 0.6 is 0 Å². The van der Waals surface area contributed by atoms with Crippen molar-refractivity contribution in [1.82, 2.24) is 9.24 Å². The number of rotatable bonds is 5. The highest BCUT2D eigenvalue weighted by molar-refractivity contribution is 5.82. The molecule has 0 aliphatic heterocycles. The van der Waals surface area contributed by atoms with Crippen LogP contribution in [0, 0.1) is 15.5 Å². The van der Waals surface area contributed by atoms with Crippen molar-refractivity contribution < 1.29 is 14.5 Å². The first-order chi connectivity index (χ1) is 12.5. The van der Waals surface area contributed by atoms with Crippen molar-refractivity contribution in [1.29, 1.82) is 5.41 Å². The topological polar surface area (TPSA) is 116 Å². The van der Waals surface area contributed by atoms with Gasteiger partial charge in [-0.2, -0.15) is 9.78 Å². The zero-order valence-electron chi connectivity index (χ0n) is 13.8. The first-order valence-corrected chi connectivity index (χ1v) is 7.62. The number of imidazole rings is 1. The smallest absolute Gasteiger partial charge is 0.325 e.